The summed E-state index contributed by atoms with van der Waals surface area (Å²) in [6.07, 6.45) is 0. The lowest BCUT2D eigenvalue weighted by Gasteiger charge is -2.15. The molecule has 52 heavy (non-hydrogen) atoms. The van der Waals surface area contributed by atoms with Gasteiger partial charge in [0.2, 0.25) is 12.1 Å². The number of ether oxygens (including phenoxy) is 4. The number of nitrogens with one attached hydrogen (secondary N) is 2. The van der Waals surface area contributed by atoms with Crippen LogP contribution in [-0.4, -0.2) is 63.9 Å². The number of nitrogens with zero attached hydrogens (tertiary/aromatic N) is 4. The number of carbonyl (C=O) groups is 4. The van der Waals surface area contributed by atoms with Gasteiger partial charge in [0.05, 0.1) is 55.5 Å². The van der Waals surface area contributed by atoms with E-state index in [9.17, 15) is 19.2 Å². The number of halogens is 2. The molecule has 16 heteroatoms. The lowest BCUT2D eigenvalue weighted by Crippen LogP contribution is -2.32. The summed E-state index contributed by atoms with van der Waals surface area (Å²) in [6, 6.07) is 16.5. The molecular formula is C36H34Cl2N6O8. The first-order valence-corrected chi connectivity index (χ1v) is 16.1. The molecule has 2 unspecified atom stereocenters. The maximum Gasteiger partial charge on any atom is 0.258 e. The lowest BCUT2D eigenvalue weighted by atomic mass is 10.0. The van der Waals surface area contributed by atoms with Crippen LogP contribution in [0.25, 0.3) is 11.1 Å². The van der Waals surface area contributed by atoms with Crippen molar-refractivity contribution in [2.24, 2.45) is 20.5 Å². The Hall–Kier alpha value is -5.86. The summed E-state index contributed by atoms with van der Waals surface area (Å²) in [7, 11) is 5.77. The highest BCUT2D eigenvalue weighted by Crippen LogP contribution is 2.38. The van der Waals surface area contributed by atoms with Crippen LogP contribution in [0.15, 0.2) is 93.3 Å². The monoisotopic (exact) mass is 748 g/mol. The van der Waals surface area contributed by atoms with Crippen molar-refractivity contribution in [3.05, 3.63) is 82.8 Å². The average Bonchev–Trinajstić information content (AvgIpc) is 3.11. The molecule has 4 aromatic rings. The van der Waals surface area contributed by atoms with Gasteiger partial charge in [0.15, 0.2) is 34.6 Å². The van der Waals surface area contributed by atoms with E-state index in [2.05, 4.69) is 31.1 Å². The first-order valence-electron chi connectivity index (χ1n) is 15.4. The number of amides is 2. The third-order valence-electron chi connectivity index (χ3n) is 7.37. The summed E-state index contributed by atoms with van der Waals surface area (Å²) in [5.74, 6) is -1.19. The van der Waals surface area contributed by atoms with Crippen LogP contribution in [0, 0.1) is 0 Å². The van der Waals surface area contributed by atoms with Crippen LogP contribution in [0.2, 0.25) is 10.0 Å². The maximum atomic E-state index is 13.0. The number of hydrogen-bond acceptors (Lipinski definition) is 12. The molecule has 0 heterocycles. The van der Waals surface area contributed by atoms with E-state index in [1.165, 1.54) is 48.4 Å². The summed E-state index contributed by atoms with van der Waals surface area (Å²) in [5.41, 5.74) is 2.24. The Balaban J connectivity index is 1.49. The van der Waals surface area contributed by atoms with Gasteiger partial charge < -0.3 is 29.6 Å². The van der Waals surface area contributed by atoms with Crippen molar-refractivity contribution in [3.8, 4) is 34.1 Å². The van der Waals surface area contributed by atoms with E-state index in [0.29, 0.717) is 28.3 Å². The SMILES string of the molecule is COc1cccc(NC(=O)C(N=Nc2ccc(-c3ccc(N=NC(C(C)=O)C(=O)Nc4cccc(OC)c4OC)c(Cl)c3)c(Cl)c2)C(C)=O)c1OC. The van der Waals surface area contributed by atoms with Crippen LogP contribution in [0.3, 0.4) is 0 Å². The van der Waals surface area contributed by atoms with Crippen LogP contribution in [-0.2, 0) is 19.2 Å². The average molecular weight is 750 g/mol. The molecule has 0 saturated carbocycles. The molecule has 270 valence electrons. The van der Waals surface area contributed by atoms with E-state index in [4.69, 9.17) is 42.1 Å². The number of carbonyl (C=O) groups excluding carboxylic acids is 4. The number of anilines is 2. The Kier molecular flexibility index (Phi) is 13.4. The minimum Gasteiger partial charge on any atom is -0.493 e. The van der Waals surface area contributed by atoms with E-state index in [0.717, 1.165) is 0 Å². The molecule has 0 aliphatic carbocycles. The Bertz CT molecular complexity index is 2060. The molecule has 4 aromatic carbocycles. The summed E-state index contributed by atoms with van der Waals surface area (Å²) in [5, 5.41) is 21.8. The molecule has 14 nitrogen and oxygen atoms in total. The Morgan fingerprint density at radius 2 is 1.13 bits per heavy atom. The highest BCUT2D eigenvalue weighted by atomic mass is 35.5. The molecule has 0 aliphatic heterocycles. The van der Waals surface area contributed by atoms with E-state index in [1.54, 1.807) is 66.7 Å². The van der Waals surface area contributed by atoms with Gasteiger partial charge in [-0.2, -0.15) is 20.5 Å². The van der Waals surface area contributed by atoms with Crippen LogP contribution >= 0.6 is 23.2 Å². The fourth-order valence-electron chi connectivity index (χ4n) is 4.81. The molecule has 2 atom stereocenters. The highest BCUT2D eigenvalue weighted by Gasteiger charge is 2.26. The third kappa shape index (κ3) is 9.27. The first kappa shape index (κ1) is 38.9. The van der Waals surface area contributed by atoms with Gasteiger partial charge in [-0.05, 0) is 67.9 Å². The van der Waals surface area contributed by atoms with Crippen molar-refractivity contribution in [1.29, 1.82) is 0 Å². The number of hydrogen-bond donors (Lipinski definition) is 2. The molecule has 0 aliphatic rings. The van der Waals surface area contributed by atoms with Gasteiger partial charge in [-0.25, -0.2) is 0 Å². The fraction of sp³-hybridized carbons (Fsp3) is 0.222. The van der Waals surface area contributed by atoms with Gasteiger partial charge in [-0.15, -0.1) is 0 Å². The number of para-hydroxylation sites is 2. The van der Waals surface area contributed by atoms with E-state index in [1.807, 2.05) is 0 Å². The Morgan fingerprint density at radius 1 is 0.615 bits per heavy atom. The van der Waals surface area contributed by atoms with Crippen LogP contribution in [0.4, 0.5) is 22.7 Å². The number of azo groups is 2. The van der Waals surface area contributed by atoms with Crippen LogP contribution in [0.5, 0.6) is 23.0 Å². The number of rotatable bonds is 15. The van der Waals surface area contributed by atoms with Crippen molar-refractivity contribution in [3.63, 3.8) is 0 Å². The Labute approximate surface area is 309 Å². The first-order chi connectivity index (χ1) is 24.9. The number of methoxy groups -OCH3 is 4. The molecular weight excluding hydrogens is 715 g/mol. The van der Waals surface area contributed by atoms with Crippen molar-refractivity contribution in [2.45, 2.75) is 25.9 Å². The molecule has 4 rings (SSSR count). The second-order valence-corrected chi connectivity index (χ2v) is 11.7. The largest absolute Gasteiger partial charge is 0.493 e. The predicted octanol–water partition coefficient (Wildman–Crippen LogP) is 8.05. The number of ketones is 2. The van der Waals surface area contributed by atoms with Crippen LogP contribution < -0.4 is 29.6 Å². The van der Waals surface area contributed by atoms with Gasteiger partial charge in [0, 0.05) is 5.56 Å². The van der Waals surface area contributed by atoms with Gasteiger partial charge in [-0.3, -0.25) is 19.2 Å². The molecule has 0 spiro atoms. The molecule has 0 radical (unpaired) electrons. The zero-order chi connectivity index (χ0) is 37.9. The maximum absolute atomic E-state index is 13.0. The summed E-state index contributed by atoms with van der Waals surface area (Å²) < 4.78 is 21.2. The molecule has 0 saturated heterocycles. The quantitative estimate of drug-likeness (QED) is 0.0905. The summed E-state index contributed by atoms with van der Waals surface area (Å²) in [4.78, 5) is 50.7. The van der Waals surface area contributed by atoms with Crippen molar-refractivity contribution in [1.82, 2.24) is 0 Å². The Morgan fingerprint density at radius 3 is 1.58 bits per heavy atom. The zero-order valence-corrected chi connectivity index (χ0v) is 30.4. The van der Waals surface area contributed by atoms with Gasteiger partial charge in [0.25, 0.3) is 11.8 Å². The number of benzene rings is 4. The molecule has 2 N–H and O–H groups in total. The molecule has 0 aromatic heterocycles. The van der Waals surface area contributed by atoms with Crippen LogP contribution in [0.1, 0.15) is 13.8 Å². The summed E-state index contributed by atoms with van der Waals surface area (Å²) >= 11 is 13.1. The summed E-state index contributed by atoms with van der Waals surface area (Å²) in [6.45, 7) is 2.45. The molecule has 0 fully saturated rings. The van der Waals surface area contributed by atoms with E-state index < -0.39 is 35.5 Å². The lowest BCUT2D eigenvalue weighted by molar-refractivity contribution is -0.127. The minimum atomic E-state index is -1.47. The minimum absolute atomic E-state index is 0.168. The normalized spacial score (nSPS) is 12.2. The molecule has 2 amide bonds. The third-order valence-corrected chi connectivity index (χ3v) is 7.98. The van der Waals surface area contributed by atoms with Gasteiger partial charge >= 0.3 is 0 Å². The predicted molar refractivity (Wildman–Crippen MR) is 196 cm³/mol. The van der Waals surface area contributed by atoms with Crippen molar-refractivity contribution in [2.75, 3.05) is 39.1 Å². The second-order valence-electron chi connectivity index (χ2n) is 10.8. The van der Waals surface area contributed by atoms with Gasteiger partial charge in [0.1, 0.15) is 5.69 Å². The fourth-order valence-corrected chi connectivity index (χ4v) is 5.31. The molecule has 0 bridgehead atoms. The zero-order valence-electron chi connectivity index (χ0n) is 28.9. The van der Waals surface area contributed by atoms with E-state index >= 15 is 0 Å². The standard InChI is InChI=1S/C36H34Cl2N6O8/c1-19(45)31(35(47)39-27-9-7-11-29(49-3)33(27)51-5)43-41-22-14-15-23(24(37)18-22)21-13-16-26(25(38)17-21)42-44-32(20(2)46)36(48)40-28-10-8-12-30(50-4)34(28)52-6/h7-18,31-32H,1-6H3,(H,39,47)(H,40,48). The van der Waals surface area contributed by atoms with Gasteiger partial charge in [-0.1, -0.05) is 47.5 Å². The van der Waals surface area contributed by atoms with Crippen molar-refractivity contribution >= 4 is 69.3 Å². The topological polar surface area (TPSA) is 179 Å². The van der Waals surface area contributed by atoms with E-state index in [-0.39, 0.29) is 38.6 Å². The number of Topliss-reactive ketones (excluding diaryl/α,β-unsaturated/α-hetero) is 2. The van der Waals surface area contributed by atoms with Crippen molar-refractivity contribution < 1.29 is 38.1 Å². The highest BCUT2D eigenvalue weighted by molar-refractivity contribution is 6.34. The second kappa shape index (κ2) is 17.9. The smallest absolute Gasteiger partial charge is 0.258 e.